The average Bonchev–Trinajstić information content (AvgIpc) is 2.60. The van der Waals surface area contributed by atoms with Crippen LogP contribution in [0.4, 0.5) is 0 Å². The molecule has 0 aromatic carbocycles. The summed E-state index contributed by atoms with van der Waals surface area (Å²) in [6.07, 6.45) is 3.79. The zero-order valence-corrected chi connectivity index (χ0v) is 17.3. The van der Waals surface area contributed by atoms with Crippen LogP contribution in [0.1, 0.15) is 45.5 Å². The second-order valence-electron chi connectivity index (χ2n) is 6.70. The minimum Gasteiger partial charge on any atom is -0.312 e. The molecule has 0 amide bonds. The van der Waals surface area contributed by atoms with Gasteiger partial charge in [0.15, 0.2) is 0 Å². The van der Waals surface area contributed by atoms with Crippen LogP contribution in [0.3, 0.4) is 0 Å². The van der Waals surface area contributed by atoms with Gasteiger partial charge in [-0.2, -0.15) is 0 Å². The Labute approximate surface area is 162 Å². The van der Waals surface area contributed by atoms with Crippen molar-refractivity contribution in [2.75, 3.05) is 19.6 Å². The first-order valence-corrected chi connectivity index (χ1v) is 10.2. The number of hydrogen-bond acceptors (Lipinski definition) is 5. The highest BCUT2D eigenvalue weighted by molar-refractivity contribution is 14.1. The minimum absolute atomic E-state index is 0.0482. The molecule has 2 aromatic rings. The van der Waals surface area contributed by atoms with Gasteiger partial charge in [0, 0.05) is 32.2 Å². The molecule has 0 unspecified atom stereocenters. The van der Waals surface area contributed by atoms with Gasteiger partial charge in [-0.25, -0.2) is 9.97 Å². The van der Waals surface area contributed by atoms with Crippen molar-refractivity contribution in [3.05, 3.63) is 32.1 Å². The summed E-state index contributed by atoms with van der Waals surface area (Å²) < 4.78 is 2.67. The predicted molar refractivity (Wildman–Crippen MR) is 109 cm³/mol. The molecule has 0 aliphatic carbocycles. The van der Waals surface area contributed by atoms with Gasteiger partial charge in [-0.15, -0.1) is 0 Å². The summed E-state index contributed by atoms with van der Waals surface area (Å²) in [6, 6.07) is 2.47. The van der Waals surface area contributed by atoms with Gasteiger partial charge in [0.1, 0.15) is 9.53 Å². The van der Waals surface area contributed by atoms with Crippen molar-refractivity contribution in [3.63, 3.8) is 0 Å². The van der Waals surface area contributed by atoms with Gasteiger partial charge in [-0.3, -0.25) is 14.3 Å². The van der Waals surface area contributed by atoms with Crippen LogP contribution in [-0.4, -0.2) is 45.1 Å². The highest BCUT2D eigenvalue weighted by atomic mass is 127. The SMILES string of the molecule is CCC[C@H](c1nc2cnc(I)cc2c(=O)n1CC)N1CCN[C@H](C)C1. The minimum atomic E-state index is 0.0482. The molecule has 3 rings (SSSR count). The van der Waals surface area contributed by atoms with Crippen LogP contribution in [0, 0.1) is 3.70 Å². The number of hydrogen-bond donors (Lipinski definition) is 1. The monoisotopic (exact) mass is 455 g/mol. The molecule has 0 spiro atoms. The van der Waals surface area contributed by atoms with E-state index in [1.807, 2.05) is 17.6 Å². The van der Waals surface area contributed by atoms with E-state index in [0.29, 0.717) is 23.5 Å². The second kappa shape index (κ2) is 8.09. The number of nitrogens with zero attached hydrogens (tertiary/aromatic N) is 4. The van der Waals surface area contributed by atoms with Gasteiger partial charge in [0.05, 0.1) is 23.1 Å². The fourth-order valence-electron chi connectivity index (χ4n) is 3.67. The fourth-order valence-corrected chi connectivity index (χ4v) is 4.12. The average molecular weight is 455 g/mol. The maximum absolute atomic E-state index is 13.0. The van der Waals surface area contributed by atoms with Gasteiger partial charge < -0.3 is 5.32 Å². The standard InChI is InChI=1S/C18H26IN5O/c1-4-6-15(23-8-7-20-12(3)11-23)17-22-14-10-21-16(19)9-13(14)18(25)24(17)5-2/h9-10,12,15,20H,4-8,11H2,1-3H3/t12-,15-/m1/s1. The predicted octanol–water partition coefficient (Wildman–Crippen LogP) is 2.55. The van der Waals surface area contributed by atoms with E-state index in [1.54, 1.807) is 6.20 Å². The molecular weight excluding hydrogens is 429 g/mol. The van der Waals surface area contributed by atoms with E-state index >= 15 is 0 Å². The van der Waals surface area contributed by atoms with Crippen molar-refractivity contribution < 1.29 is 0 Å². The van der Waals surface area contributed by atoms with Gasteiger partial charge in [0.2, 0.25) is 0 Å². The second-order valence-corrected chi connectivity index (χ2v) is 7.80. The Hall–Kier alpha value is -1.06. The van der Waals surface area contributed by atoms with E-state index in [4.69, 9.17) is 4.98 Å². The molecule has 1 aliphatic rings. The number of nitrogens with one attached hydrogen (secondary N) is 1. The third-order valence-corrected chi connectivity index (χ3v) is 5.44. The molecule has 0 saturated carbocycles. The summed E-state index contributed by atoms with van der Waals surface area (Å²) in [6.45, 7) is 10.0. The van der Waals surface area contributed by atoms with Crippen molar-refractivity contribution in [3.8, 4) is 0 Å². The molecule has 7 heteroatoms. The number of aromatic nitrogens is 3. The largest absolute Gasteiger partial charge is 0.312 e. The Morgan fingerprint density at radius 2 is 2.24 bits per heavy atom. The van der Waals surface area contributed by atoms with Crippen LogP contribution in [0.15, 0.2) is 17.1 Å². The van der Waals surface area contributed by atoms with Crippen molar-refractivity contribution in [1.82, 2.24) is 24.8 Å². The number of halogens is 1. The van der Waals surface area contributed by atoms with E-state index in [-0.39, 0.29) is 11.6 Å². The van der Waals surface area contributed by atoms with Crippen LogP contribution in [0.25, 0.3) is 10.9 Å². The molecule has 0 bridgehead atoms. The third kappa shape index (κ3) is 3.88. The lowest BCUT2D eigenvalue weighted by atomic mass is 10.1. The fraction of sp³-hybridized carbons (Fsp3) is 0.611. The summed E-state index contributed by atoms with van der Waals surface area (Å²) in [5, 5.41) is 4.16. The smallest absolute Gasteiger partial charge is 0.261 e. The quantitative estimate of drug-likeness (QED) is 0.555. The molecule has 1 saturated heterocycles. The maximum atomic E-state index is 13.0. The summed E-state index contributed by atoms with van der Waals surface area (Å²) in [5.41, 5.74) is 0.751. The highest BCUT2D eigenvalue weighted by Gasteiger charge is 2.28. The summed E-state index contributed by atoms with van der Waals surface area (Å²) in [5.74, 6) is 0.888. The first-order chi connectivity index (χ1) is 12.0. The Balaban J connectivity index is 2.13. The van der Waals surface area contributed by atoms with Gasteiger partial charge in [0.25, 0.3) is 5.56 Å². The molecule has 0 radical (unpaired) electrons. The van der Waals surface area contributed by atoms with Crippen LogP contribution in [0.5, 0.6) is 0 Å². The van der Waals surface area contributed by atoms with Gasteiger partial charge >= 0.3 is 0 Å². The third-order valence-electron chi connectivity index (χ3n) is 4.85. The molecule has 25 heavy (non-hydrogen) atoms. The number of piperazine rings is 1. The van der Waals surface area contributed by atoms with Gasteiger partial charge in [-0.05, 0) is 48.9 Å². The van der Waals surface area contributed by atoms with Gasteiger partial charge in [-0.1, -0.05) is 13.3 Å². The molecule has 2 atom stereocenters. The molecule has 3 heterocycles. The van der Waals surface area contributed by atoms with Crippen LogP contribution < -0.4 is 10.9 Å². The lowest BCUT2D eigenvalue weighted by Gasteiger charge is -2.38. The maximum Gasteiger partial charge on any atom is 0.261 e. The van der Waals surface area contributed by atoms with Crippen LogP contribution >= 0.6 is 22.6 Å². The highest BCUT2D eigenvalue weighted by Crippen LogP contribution is 2.26. The summed E-state index contributed by atoms with van der Waals surface area (Å²) in [7, 11) is 0. The molecule has 6 nitrogen and oxygen atoms in total. The van der Waals surface area contributed by atoms with Crippen LogP contribution in [0.2, 0.25) is 0 Å². The lowest BCUT2D eigenvalue weighted by molar-refractivity contribution is 0.132. The van der Waals surface area contributed by atoms with Crippen molar-refractivity contribution in [2.24, 2.45) is 0 Å². The molecule has 2 aromatic heterocycles. The van der Waals surface area contributed by atoms with Crippen LogP contribution in [-0.2, 0) is 6.54 Å². The number of rotatable bonds is 5. The zero-order chi connectivity index (χ0) is 18.0. The first kappa shape index (κ1) is 18.7. The Bertz CT molecular complexity index is 806. The van der Waals surface area contributed by atoms with E-state index < -0.39 is 0 Å². The lowest BCUT2D eigenvalue weighted by Crippen LogP contribution is -2.51. The number of pyridine rings is 1. The van der Waals surface area contributed by atoms with E-state index in [9.17, 15) is 4.79 Å². The van der Waals surface area contributed by atoms with Crippen molar-refractivity contribution in [2.45, 2.75) is 52.2 Å². The van der Waals surface area contributed by atoms with E-state index in [0.717, 1.165) is 42.0 Å². The van der Waals surface area contributed by atoms with Crippen molar-refractivity contribution >= 4 is 33.5 Å². The summed E-state index contributed by atoms with van der Waals surface area (Å²) in [4.78, 5) is 24.8. The van der Waals surface area contributed by atoms with E-state index in [2.05, 4.69) is 51.6 Å². The molecule has 1 N–H and O–H groups in total. The summed E-state index contributed by atoms with van der Waals surface area (Å²) >= 11 is 2.14. The Morgan fingerprint density at radius 1 is 1.44 bits per heavy atom. The molecule has 136 valence electrons. The topological polar surface area (TPSA) is 63.1 Å². The Kier molecular flexibility index (Phi) is 6.06. The molecular formula is C18H26IN5O. The van der Waals surface area contributed by atoms with Crippen molar-refractivity contribution in [1.29, 1.82) is 0 Å². The van der Waals surface area contributed by atoms with E-state index in [1.165, 1.54) is 0 Å². The number of fused-ring (bicyclic) bond motifs is 1. The molecule has 1 fully saturated rings. The molecule has 1 aliphatic heterocycles. The first-order valence-electron chi connectivity index (χ1n) is 9.08. The Morgan fingerprint density at radius 3 is 2.92 bits per heavy atom. The zero-order valence-electron chi connectivity index (χ0n) is 15.1. The normalized spacial score (nSPS) is 20.1.